The van der Waals surface area contributed by atoms with Crippen molar-refractivity contribution in [1.82, 2.24) is 4.90 Å². The highest BCUT2D eigenvalue weighted by Gasteiger charge is 2.44. The Labute approximate surface area is 167 Å². The Hall–Kier alpha value is -1.21. The minimum Gasteiger partial charge on any atom is -0.383 e. The molecule has 1 atom stereocenters. The summed E-state index contributed by atoms with van der Waals surface area (Å²) in [7, 11) is -1.31. The first kappa shape index (κ1) is 20.5. The number of methoxy groups -OCH3 is 1. The monoisotopic (exact) mass is 397 g/mol. The molecule has 0 bridgehead atoms. The molecule has 146 valence electrons. The van der Waals surface area contributed by atoms with E-state index in [9.17, 15) is 0 Å². The molecule has 0 aliphatic carbocycles. The lowest BCUT2D eigenvalue weighted by Gasteiger charge is -2.41. The summed E-state index contributed by atoms with van der Waals surface area (Å²) < 4.78 is 5.57. The fraction of sp³-hybridized carbons (Fsp3) is 0.478. The van der Waals surface area contributed by atoms with Gasteiger partial charge >= 0.3 is 0 Å². The SMILES string of the molecule is COC[C@@H]1CCCN1C[Si](C[Si](C)(C)C)(c1ccccc1)c1ccccc1. The van der Waals surface area contributed by atoms with Gasteiger partial charge in [0, 0.05) is 27.4 Å². The molecule has 1 aliphatic heterocycles. The average molecular weight is 398 g/mol. The highest BCUT2D eigenvalue weighted by molar-refractivity contribution is 7.10. The quantitative estimate of drug-likeness (QED) is 0.629. The van der Waals surface area contributed by atoms with Crippen LogP contribution in [0.25, 0.3) is 0 Å². The zero-order valence-corrected chi connectivity index (χ0v) is 19.4. The predicted molar refractivity (Wildman–Crippen MR) is 123 cm³/mol. The highest BCUT2D eigenvalue weighted by Crippen LogP contribution is 2.26. The Morgan fingerprint density at radius 2 is 1.48 bits per heavy atom. The van der Waals surface area contributed by atoms with Crippen LogP contribution >= 0.6 is 0 Å². The number of hydrogen-bond donors (Lipinski definition) is 0. The molecule has 1 aliphatic rings. The fourth-order valence-electron chi connectivity index (χ4n) is 4.86. The number of hydrogen-bond acceptors (Lipinski definition) is 2. The Morgan fingerprint density at radius 3 is 1.96 bits per heavy atom. The van der Waals surface area contributed by atoms with Gasteiger partial charge in [-0.2, -0.15) is 0 Å². The third-order valence-electron chi connectivity index (χ3n) is 5.82. The van der Waals surface area contributed by atoms with Crippen LogP contribution in [-0.4, -0.2) is 53.5 Å². The second-order valence-corrected chi connectivity index (χ2v) is 19.4. The Kier molecular flexibility index (Phi) is 6.74. The highest BCUT2D eigenvalue weighted by atomic mass is 28.4. The van der Waals surface area contributed by atoms with Crippen molar-refractivity contribution in [2.75, 3.05) is 26.4 Å². The van der Waals surface area contributed by atoms with Gasteiger partial charge in [-0.15, -0.1) is 0 Å². The molecule has 2 aromatic rings. The molecule has 3 rings (SSSR count). The van der Waals surface area contributed by atoms with E-state index in [4.69, 9.17) is 4.74 Å². The summed E-state index contributed by atoms with van der Waals surface area (Å²) in [6, 6.07) is 23.5. The van der Waals surface area contributed by atoms with Crippen LogP contribution in [0.2, 0.25) is 25.3 Å². The second-order valence-electron chi connectivity index (χ2n) is 9.27. The largest absolute Gasteiger partial charge is 0.383 e. The lowest BCUT2D eigenvalue weighted by molar-refractivity contribution is 0.124. The zero-order valence-electron chi connectivity index (χ0n) is 17.4. The molecule has 1 fully saturated rings. The average Bonchev–Trinajstić information content (AvgIpc) is 3.08. The molecular weight excluding hydrogens is 362 g/mol. The summed E-state index contributed by atoms with van der Waals surface area (Å²) in [5.41, 5.74) is 1.39. The number of likely N-dealkylation sites (tertiary alicyclic amines) is 1. The number of nitrogens with zero attached hydrogens (tertiary/aromatic N) is 1. The summed E-state index contributed by atoms with van der Waals surface area (Å²) >= 11 is 0. The van der Waals surface area contributed by atoms with Crippen molar-refractivity contribution in [3.8, 4) is 0 Å². The smallest absolute Gasteiger partial charge is 0.129 e. The van der Waals surface area contributed by atoms with Crippen molar-refractivity contribution in [1.29, 1.82) is 0 Å². The maximum atomic E-state index is 5.57. The maximum absolute atomic E-state index is 5.57. The van der Waals surface area contributed by atoms with Gasteiger partial charge < -0.3 is 9.64 Å². The minimum absolute atomic E-state index is 0.580. The lowest BCUT2D eigenvalue weighted by Crippen LogP contribution is -2.68. The molecule has 2 aromatic carbocycles. The van der Waals surface area contributed by atoms with Gasteiger partial charge in [0.15, 0.2) is 0 Å². The van der Waals surface area contributed by atoms with E-state index in [1.54, 1.807) is 10.4 Å². The number of benzene rings is 2. The molecule has 0 N–H and O–H groups in total. The van der Waals surface area contributed by atoms with E-state index in [1.165, 1.54) is 31.2 Å². The summed E-state index contributed by atoms with van der Waals surface area (Å²) in [5.74, 6) is 0. The summed E-state index contributed by atoms with van der Waals surface area (Å²) in [4.78, 5) is 2.76. The number of rotatable bonds is 8. The molecule has 0 unspecified atom stereocenters. The first-order chi connectivity index (χ1) is 12.9. The van der Waals surface area contributed by atoms with Crippen molar-refractivity contribution >= 4 is 26.5 Å². The van der Waals surface area contributed by atoms with E-state index in [0.29, 0.717) is 6.04 Å². The van der Waals surface area contributed by atoms with Gasteiger partial charge in [0.2, 0.25) is 0 Å². The first-order valence-corrected chi connectivity index (χ1v) is 16.4. The topological polar surface area (TPSA) is 12.5 Å². The maximum Gasteiger partial charge on any atom is 0.129 e. The van der Waals surface area contributed by atoms with E-state index in [-0.39, 0.29) is 0 Å². The van der Waals surface area contributed by atoms with E-state index in [1.807, 2.05) is 7.11 Å². The Bertz CT molecular complexity index is 660. The zero-order chi connectivity index (χ0) is 19.3. The predicted octanol–water partition coefficient (Wildman–Crippen LogP) is 3.78. The van der Waals surface area contributed by atoms with Crippen LogP contribution in [0.1, 0.15) is 12.8 Å². The normalized spacial score (nSPS) is 18.7. The van der Waals surface area contributed by atoms with E-state index >= 15 is 0 Å². The van der Waals surface area contributed by atoms with Crippen LogP contribution < -0.4 is 10.4 Å². The van der Waals surface area contributed by atoms with Crippen LogP contribution in [0.5, 0.6) is 0 Å². The molecule has 0 radical (unpaired) electrons. The van der Waals surface area contributed by atoms with Crippen molar-refractivity contribution < 1.29 is 4.74 Å². The Morgan fingerprint density at radius 1 is 0.926 bits per heavy atom. The molecule has 27 heavy (non-hydrogen) atoms. The van der Waals surface area contributed by atoms with Crippen molar-refractivity contribution in [3.05, 3.63) is 60.7 Å². The molecule has 0 aromatic heterocycles. The molecule has 2 nitrogen and oxygen atoms in total. The van der Waals surface area contributed by atoms with Gasteiger partial charge in [0.05, 0.1) is 6.61 Å². The third-order valence-corrected chi connectivity index (χ3v) is 16.3. The second kappa shape index (κ2) is 8.86. The van der Waals surface area contributed by atoms with Crippen LogP contribution in [0.4, 0.5) is 0 Å². The fourth-order valence-corrected chi connectivity index (χ4v) is 17.7. The van der Waals surface area contributed by atoms with Crippen LogP contribution in [-0.2, 0) is 4.74 Å². The molecule has 1 heterocycles. The Balaban J connectivity index is 2.08. The molecule has 0 saturated carbocycles. The van der Waals surface area contributed by atoms with E-state index in [2.05, 4.69) is 85.2 Å². The van der Waals surface area contributed by atoms with Gasteiger partial charge in [-0.3, -0.25) is 0 Å². The summed E-state index contributed by atoms with van der Waals surface area (Å²) in [6.07, 6.45) is 3.79. The van der Waals surface area contributed by atoms with Crippen LogP contribution in [0.15, 0.2) is 60.7 Å². The molecule has 0 amide bonds. The van der Waals surface area contributed by atoms with Gasteiger partial charge in [0.1, 0.15) is 8.07 Å². The van der Waals surface area contributed by atoms with Crippen molar-refractivity contribution in [3.63, 3.8) is 0 Å². The molecule has 1 saturated heterocycles. The lowest BCUT2D eigenvalue weighted by atomic mass is 10.2. The van der Waals surface area contributed by atoms with Crippen molar-refractivity contribution in [2.24, 2.45) is 0 Å². The molecule has 0 spiro atoms. The van der Waals surface area contributed by atoms with E-state index < -0.39 is 16.1 Å². The first-order valence-electron chi connectivity index (χ1n) is 10.3. The van der Waals surface area contributed by atoms with Crippen LogP contribution in [0, 0.1) is 0 Å². The number of ether oxygens (including phenoxy) is 1. The standard InChI is InChI=1S/C23H35NOSi2/c1-25-18-21-12-11-17-24(21)19-27(20-26(2,3)4,22-13-7-5-8-14-22)23-15-9-6-10-16-23/h5-10,13-16,21H,11-12,17-20H2,1-4H3/t21-/m0/s1. The third kappa shape index (κ3) is 4.99. The summed E-state index contributed by atoms with van der Waals surface area (Å²) in [6.45, 7) is 9.70. The minimum atomic E-state index is -1.89. The molecular formula is C23H35NOSi2. The van der Waals surface area contributed by atoms with E-state index in [0.717, 1.165) is 6.61 Å². The van der Waals surface area contributed by atoms with Gasteiger partial charge in [-0.25, -0.2) is 0 Å². The van der Waals surface area contributed by atoms with Crippen molar-refractivity contribution in [2.45, 2.75) is 44.2 Å². The van der Waals surface area contributed by atoms with Gasteiger partial charge in [-0.1, -0.05) is 96.3 Å². The van der Waals surface area contributed by atoms with Crippen LogP contribution in [0.3, 0.4) is 0 Å². The van der Waals surface area contributed by atoms with Gasteiger partial charge in [-0.05, 0) is 19.4 Å². The van der Waals surface area contributed by atoms with Gasteiger partial charge in [0.25, 0.3) is 0 Å². The summed E-state index contributed by atoms with van der Waals surface area (Å²) in [5, 5.41) is 3.20. The molecule has 4 heteroatoms.